The molecule has 3 aromatic carbocycles. The SMILES string of the molecule is CCN(CC)c1ccc(N2C(=O)C(=O)/C(=C(\O)c3ccc4c(c3)CCCO4)C2c2cccc(C)c2)cc1. The van der Waals surface area contributed by atoms with Crippen molar-refractivity contribution in [3.8, 4) is 5.75 Å². The van der Waals surface area contributed by atoms with E-state index >= 15 is 0 Å². The first-order valence-electron chi connectivity index (χ1n) is 12.9. The first kappa shape index (κ1) is 24.6. The number of fused-ring (bicyclic) bond motifs is 1. The fourth-order valence-electron chi connectivity index (χ4n) is 5.33. The summed E-state index contributed by atoms with van der Waals surface area (Å²) in [7, 11) is 0. The lowest BCUT2D eigenvalue weighted by molar-refractivity contribution is -0.132. The third kappa shape index (κ3) is 4.48. The van der Waals surface area contributed by atoms with Crippen LogP contribution in [-0.4, -0.2) is 36.5 Å². The van der Waals surface area contributed by atoms with E-state index in [1.54, 1.807) is 6.07 Å². The Kier molecular flexibility index (Phi) is 6.74. The minimum absolute atomic E-state index is 0.0973. The Hall–Kier alpha value is -4.06. The molecule has 3 aromatic rings. The van der Waals surface area contributed by atoms with E-state index in [2.05, 4.69) is 18.7 Å². The quantitative estimate of drug-likeness (QED) is 0.266. The number of anilines is 2. The fourth-order valence-corrected chi connectivity index (χ4v) is 5.33. The fraction of sp³-hybridized carbons (Fsp3) is 0.290. The number of aliphatic hydroxyl groups is 1. The number of Topliss-reactive ketones (excluding diaryl/α,β-unsaturated/α-hetero) is 1. The zero-order valence-electron chi connectivity index (χ0n) is 21.5. The van der Waals surface area contributed by atoms with Crippen molar-refractivity contribution in [2.75, 3.05) is 29.5 Å². The van der Waals surface area contributed by atoms with Gasteiger partial charge >= 0.3 is 0 Å². The summed E-state index contributed by atoms with van der Waals surface area (Å²) in [6.45, 7) is 8.58. The molecule has 1 saturated heterocycles. The lowest BCUT2D eigenvalue weighted by atomic mass is 9.93. The second-order valence-electron chi connectivity index (χ2n) is 9.55. The number of ether oxygens (including phenoxy) is 1. The molecule has 2 aliphatic heterocycles. The van der Waals surface area contributed by atoms with Crippen LogP contribution in [0.25, 0.3) is 5.76 Å². The molecule has 2 aliphatic rings. The monoisotopic (exact) mass is 496 g/mol. The van der Waals surface area contributed by atoms with E-state index in [9.17, 15) is 14.7 Å². The minimum Gasteiger partial charge on any atom is -0.507 e. The van der Waals surface area contributed by atoms with Crippen molar-refractivity contribution < 1.29 is 19.4 Å². The smallest absolute Gasteiger partial charge is 0.300 e. The molecule has 0 spiro atoms. The molecular formula is C31H32N2O4. The van der Waals surface area contributed by atoms with Gasteiger partial charge in [-0.15, -0.1) is 0 Å². The van der Waals surface area contributed by atoms with Crippen molar-refractivity contribution in [2.24, 2.45) is 0 Å². The summed E-state index contributed by atoms with van der Waals surface area (Å²) in [5, 5.41) is 11.5. The average Bonchev–Trinajstić information content (AvgIpc) is 3.19. The van der Waals surface area contributed by atoms with E-state index in [1.807, 2.05) is 67.6 Å². The Bertz CT molecular complexity index is 1370. The van der Waals surface area contributed by atoms with Crippen LogP contribution in [0.15, 0.2) is 72.3 Å². The number of carbonyl (C=O) groups excluding carboxylic acids is 2. The van der Waals surface area contributed by atoms with Gasteiger partial charge in [-0.05, 0) is 87.2 Å². The topological polar surface area (TPSA) is 70.1 Å². The highest BCUT2D eigenvalue weighted by molar-refractivity contribution is 6.51. The summed E-state index contributed by atoms with van der Waals surface area (Å²) in [6, 6.07) is 20.1. The van der Waals surface area contributed by atoms with Crippen molar-refractivity contribution in [3.63, 3.8) is 0 Å². The molecule has 0 radical (unpaired) electrons. The van der Waals surface area contributed by atoms with Crippen LogP contribution in [-0.2, 0) is 16.0 Å². The van der Waals surface area contributed by atoms with Crippen LogP contribution in [0.2, 0.25) is 0 Å². The number of ketones is 1. The number of aliphatic hydroxyl groups excluding tert-OH is 1. The van der Waals surface area contributed by atoms with Gasteiger partial charge in [-0.25, -0.2) is 0 Å². The number of aryl methyl sites for hydroxylation is 2. The summed E-state index contributed by atoms with van der Waals surface area (Å²) in [5.41, 5.74) is 5.04. The van der Waals surface area contributed by atoms with Crippen LogP contribution in [0.3, 0.4) is 0 Å². The van der Waals surface area contributed by atoms with E-state index in [4.69, 9.17) is 4.74 Å². The standard InChI is InChI=1S/C31H32N2O4/c1-4-32(5-2)24-12-14-25(15-13-24)33-28(22-9-6-8-20(3)18-22)27(30(35)31(33)36)29(34)23-11-16-26-21(19-23)10-7-17-37-26/h6,8-9,11-16,18-19,28,34H,4-5,7,10,17H2,1-3H3/b29-27-. The van der Waals surface area contributed by atoms with Gasteiger partial charge in [0.1, 0.15) is 11.5 Å². The van der Waals surface area contributed by atoms with Gasteiger partial charge in [0.15, 0.2) is 0 Å². The second-order valence-corrected chi connectivity index (χ2v) is 9.55. The van der Waals surface area contributed by atoms with Crippen molar-refractivity contribution in [3.05, 3.63) is 94.6 Å². The number of hydrogen-bond acceptors (Lipinski definition) is 5. The Labute approximate surface area is 217 Å². The van der Waals surface area contributed by atoms with Crippen LogP contribution >= 0.6 is 0 Å². The Morgan fingerprint density at radius 1 is 1.03 bits per heavy atom. The van der Waals surface area contributed by atoms with E-state index in [0.29, 0.717) is 17.9 Å². The molecule has 0 aliphatic carbocycles. The highest BCUT2D eigenvalue weighted by Crippen LogP contribution is 2.43. The van der Waals surface area contributed by atoms with Crippen LogP contribution in [0, 0.1) is 6.92 Å². The molecule has 190 valence electrons. The maximum absolute atomic E-state index is 13.5. The Morgan fingerprint density at radius 3 is 2.49 bits per heavy atom. The van der Waals surface area contributed by atoms with E-state index in [1.165, 1.54) is 4.90 Å². The number of nitrogens with zero attached hydrogens (tertiary/aromatic N) is 2. The molecule has 6 nitrogen and oxygen atoms in total. The molecule has 6 heteroatoms. The molecule has 2 heterocycles. The highest BCUT2D eigenvalue weighted by atomic mass is 16.5. The molecule has 37 heavy (non-hydrogen) atoms. The summed E-state index contributed by atoms with van der Waals surface area (Å²) in [5.74, 6) is -0.706. The number of carbonyl (C=O) groups is 2. The summed E-state index contributed by atoms with van der Waals surface area (Å²) < 4.78 is 5.71. The predicted octanol–water partition coefficient (Wildman–Crippen LogP) is 5.79. The predicted molar refractivity (Wildman–Crippen MR) is 146 cm³/mol. The van der Waals surface area contributed by atoms with Crippen molar-refractivity contribution >= 4 is 28.8 Å². The minimum atomic E-state index is -0.744. The maximum atomic E-state index is 13.5. The molecule has 1 amide bonds. The van der Waals surface area contributed by atoms with Crippen LogP contribution in [0.4, 0.5) is 11.4 Å². The zero-order chi connectivity index (χ0) is 26.1. The lowest BCUT2D eigenvalue weighted by Gasteiger charge is -2.27. The van der Waals surface area contributed by atoms with Gasteiger partial charge in [-0.3, -0.25) is 14.5 Å². The molecule has 1 fully saturated rings. The first-order valence-corrected chi connectivity index (χ1v) is 12.9. The largest absolute Gasteiger partial charge is 0.507 e. The van der Waals surface area contributed by atoms with Crippen molar-refractivity contribution in [1.29, 1.82) is 0 Å². The molecule has 1 atom stereocenters. The number of amides is 1. The lowest BCUT2D eigenvalue weighted by Crippen LogP contribution is -2.29. The molecule has 1 N–H and O–H groups in total. The van der Waals surface area contributed by atoms with Gasteiger partial charge in [0.25, 0.3) is 11.7 Å². The molecule has 5 rings (SSSR count). The van der Waals surface area contributed by atoms with Crippen molar-refractivity contribution in [2.45, 2.75) is 39.7 Å². The highest BCUT2D eigenvalue weighted by Gasteiger charge is 2.47. The molecule has 0 saturated carbocycles. The first-order chi connectivity index (χ1) is 17.9. The summed E-state index contributed by atoms with van der Waals surface area (Å²) in [6.07, 6.45) is 1.74. The Morgan fingerprint density at radius 2 is 1.78 bits per heavy atom. The third-order valence-electron chi connectivity index (χ3n) is 7.24. The van der Waals surface area contributed by atoms with Gasteiger partial charge < -0.3 is 14.7 Å². The molecule has 1 unspecified atom stereocenters. The normalized spacial score (nSPS) is 18.5. The summed E-state index contributed by atoms with van der Waals surface area (Å²) >= 11 is 0. The van der Waals surface area contributed by atoms with Crippen LogP contribution < -0.4 is 14.5 Å². The molecule has 0 bridgehead atoms. The van der Waals surface area contributed by atoms with E-state index in [-0.39, 0.29) is 11.3 Å². The van der Waals surface area contributed by atoms with Gasteiger partial charge in [0.05, 0.1) is 18.2 Å². The van der Waals surface area contributed by atoms with Gasteiger partial charge in [-0.2, -0.15) is 0 Å². The number of benzene rings is 3. The Balaban J connectivity index is 1.64. The van der Waals surface area contributed by atoms with Gasteiger partial charge in [-0.1, -0.05) is 29.8 Å². The van der Waals surface area contributed by atoms with E-state index < -0.39 is 17.7 Å². The third-order valence-corrected chi connectivity index (χ3v) is 7.24. The van der Waals surface area contributed by atoms with E-state index in [0.717, 1.165) is 54.1 Å². The summed E-state index contributed by atoms with van der Waals surface area (Å²) in [4.78, 5) is 30.7. The molecule has 0 aromatic heterocycles. The van der Waals surface area contributed by atoms with Crippen LogP contribution in [0.5, 0.6) is 5.75 Å². The molecular weight excluding hydrogens is 464 g/mol. The van der Waals surface area contributed by atoms with Crippen molar-refractivity contribution in [1.82, 2.24) is 0 Å². The van der Waals surface area contributed by atoms with Crippen LogP contribution in [0.1, 0.15) is 48.6 Å². The second kappa shape index (κ2) is 10.1. The number of rotatable bonds is 6. The van der Waals surface area contributed by atoms with Gasteiger partial charge in [0.2, 0.25) is 0 Å². The zero-order valence-corrected chi connectivity index (χ0v) is 21.5. The number of hydrogen-bond donors (Lipinski definition) is 1. The van der Waals surface area contributed by atoms with Gasteiger partial charge in [0, 0.05) is 30.0 Å². The average molecular weight is 497 g/mol. The maximum Gasteiger partial charge on any atom is 0.300 e.